The molecule has 1 amide bonds. The monoisotopic (exact) mass is 218 g/mol. The number of hydrogen-bond donors (Lipinski definition) is 3. The first-order valence-electron chi connectivity index (χ1n) is 4.91. The van der Waals surface area contributed by atoms with Gasteiger partial charge in [-0.05, 0) is 18.2 Å². The number of rotatable bonds is 4. The second-order valence-corrected chi connectivity index (χ2v) is 3.26. The fourth-order valence-corrected chi connectivity index (χ4v) is 1.22. The van der Waals surface area contributed by atoms with Gasteiger partial charge < -0.3 is 16.4 Å². The molecule has 5 heteroatoms. The van der Waals surface area contributed by atoms with Crippen LogP contribution in [0.4, 0.5) is 11.4 Å². The number of carbonyl (C=O) groups excluding carboxylic acids is 1. The molecule has 0 heterocycles. The van der Waals surface area contributed by atoms with Gasteiger partial charge in [-0.1, -0.05) is 0 Å². The molecule has 16 heavy (non-hydrogen) atoms. The average Bonchev–Trinajstić information content (AvgIpc) is 2.29. The maximum atomic E-state index is 11.0. The van der Waals surface area contributed by atoms with Crippen LogP contribution in [-0.4, -0.2) is 19.5 Å². The maximum Gasteiger partial charge on any atom is 0.221 e. The van der Waals surface area contributed by atoms with Crippen molar-refractivity contribution >= 4 is 17.3 Å². The van der Waals surface area contributed by atoms with Crippen LogP contribution in [0.1, 0.15) is 12.0 Å². The van der Waals surface area contributed by atoms with E-state index in [0.717, 1.165) is 5.69 Å². The van der Waals surface area contributed by atoms with Gasteiger partial charge in [-0.15, -0.1) is 0 Å². The van der Waals surface area contributed by atoms with Crippen molar-refractivity contribution in [3.63, 3.8) is 0 Å². The molecule has 0 saturated heterocycles. The van der Waals surface area contributed by atoms with E-state index in [1.807, 2.05) is 6.07 Å². The summed E-state index contributed by atoms with van der Waals surface area (Å²) in [6, 6.07) is 7.08. The van der Waals surface area contributed by atoms with Crippen LogP contribution in [0.25, 0.3) is 0 Å². The third kappa shape index (κ3) is 3.17. The normalized spacial score (nSPS) is 9.25. The van der Waals surface area contributed by atoms with Gasteiger partial charge in [-0.2, -0.15) is 5.26 Å². The number of amides is 1. The van der Waals surface area contributed by atoms with Gasteiger partial charge in [0.25, 0.3) is 0 Å². The van der Waals surface area contributed by atoms with Gasteiger partial charge in [0, 0.05) is 25.7 Å². The van der Waals surface area contributed by atoms with Gasteiger partial charge >= 0.3 is 0 Å². The van der Waals surface area contributed by atoms with E-state index in [-0.39, 0.29) is 5.91 Å². The lowest BCUT2D eigenvalue weighted by atomic mass is 10.2. The number of anilines is 2. The standard InChI is InChI=1S/C11H14N4O/c1-14-11(16)4-5-15-9-3-2-8(7-12)10(13)6-9/h2-3,6,15H,4-5,13H2,1H3,(H,14,16). The van der Waals surface area contributed by atoms with E-state index in [1.54, 1.807) is 25.2 Å². The number of nitrogen functional groups attached to an aromatic ring is 1. The molecule has 1 aromatic rings. The molecule has 0 fully saturated rings. The second kappa shape index (κ2) is 5.61. The summed E-state index contributed by atoms with van der Waals surface area (Å²) < 4.78 is 0. The van der Waals surface area contributed by atoms with Crippen molar-refractivity contribution in [3.8, 4) is 6.07 Å². The molecule has 0 spiro atoms. The summed E-state index contributed by atoms with van der Waals surface area (Å²) >= 11 is 0. The highest BCUT2D eigenvalue weighted by Gasteiger charge is 2.00. The fourth-order valence-electron chi connectivity index (χ4n) is 1.22. The number of nitrogens with one attached hydrogen (secondary N) is 2. The summed E-state index contributed by atoms with van der Waals surface area (Å²) in [6.07, 6.45) is 0.399. The van der Waals surface area contributed by atoms with Crippen molar-refractivity contribution in [1.29, 1.82) is 5.26 Å². The molecule has 0 saturated carbocycles. The van der Waals surface area contributed by atoms with E-state index in [1.165, 1.54) is 0 Å². The Morgan fingerprint density at radius 3 is 2.88 bits per heavy atom. The highest BCUT2D eigenvalue weighted by atomic mass is 16.1. The Balaban J connectivity index is 2.53. The molecular weight excluding hydrogens is 204 g/mol. The molecule has 4 N–H and O–H groups in total. The zero-order chi connectivity index (χ0) is 12.0. The van der Waals surface area contributed by atoms with E-state index in [4.69, 9.17) is 11.0 Å². The molecule has 0 aliphatic heterocycles. The lowest BCUT2D eigenvalue weighted by molar-refractivity contribution is -0.120. The minimum absolute atomic E-state index is 0.0193. The Labute approximate surface area is 94.2 Å². The van der Waals surface area contributed by atoms with Crippen LogP contribution < -0.4 is 16.4 Å². The summed E-state index contributed by atoms with van der Waals surface area (Å²) in [4.78, 5) is 11.0. The SMILES string of the molecule is CNC(=O)CCNc1ccc(C#N)c(N)c1. The summed E-state index contributed by atoms with van der Waals surface area (Å²) in [6.45, 7) is 0.533. The zero-order valence-electron chi connectivity index (χ0n) is 9.08. The number of nitriles is 1. The van der Waals surface area contributed by atoms with Crippen molar-refractivity contribution in [3.05, 3.63) is 23.8 Å². The lowest BCUT2D eigenvalue weighted by Gasteiger charge is -2.07. The molecule has 84 valence electrons. The smallest absolute Gasteiger partial charge is 0.221 e. The molecule has 5 nitrogen and oxygen atoms in total. The van der Waals surface area contributed by atoms with Crippen LogP contribution in [0.2, 0.25) is 0 Å². The van der Waals surface area contributed by atoms with E-state index >= 15 is 0 Å². The summed E-state index contributed by atoms with van der Waals surface area (Å²) in [5.74, 6) is -0.0193. The Hall–Kier alpha value is -2.22. The van der Waals surface area contributed by atoms with Gasteiger partial charge in [0.2, 0.25) is 5.91 Å². The highest BCUT2D eigenvalue weighted by molar-refractivity contribution is 5.76. The molecule has 0 aromatic heterocycles. The quantitative estimate of drug-likeness (QED) is 0.648. The first kappa shape index (κ1) is 11.9. The van der Waals surface area contributed by atoms with Crippen LogP contribution in [-0.2, 0) is 4.79 Å². The molecular formula is C11H14N4O. The third-order valence-electron chi connectivity index (χ3n) is 2.13. The molecule has 0 bridgehead atoms. The Morgan fingerprint density at radius 2 is 2.31 bits per heavy atom. The topological polar surface area (TPSA) is 90.9 Å². The lowest BCUT2D eigenvalue weighted by Crippen LogP contribution is -2.20. The van der Waals surface area contributed by atoms with E-state index < -0.39 is 0 Å². The molecule has 1 rings (SSSR count). The van der Waals surface area contributed by atoms with Crippen molar-refractivity contribution in [1.82, 2.24) is 5.32 Å². The number of benzene rings is 1. The first-order chi connectivity index (χ1) is 7.67. The Morgan fingerprint density at radius 1 is 1.56 bits per heavy atom. The van der Waals surface area contributed by atoms with Crippen LogP contribution in [0.5, 0.6) is 0 Å². The van der Waals surface area contributed by atoms with Gasteiger partial charge in [0.15, 0.2) is 0 Å². The molecule has 0 aliphatic rings. The molecule has 1 aromatic carbocycles. The average molecular weight is 218 g/mol. The minimum Gasteiger partial charge on any atom is -0.398 e. The Kier molecular flexibility index (Phi) is 4.16. The summed E-state index contributed by atoms with van der Waals surface area (Å²) in [7, 11) is 1.60. The van der Waals surface area contributed by atoms with Crippen molar-refractivity contribution in [2.45, 2.75) is 6.42 Å². The van der Waals surface area contributed by atoms with Crippen LogP contribution in [0.15, 0.2) is 18.2 Å². The third-order valence-corrected chi connectivity index (χ3v) is 2.13. The van der Waals surface area contributed by atoms with E-state index in [9.17, 15) is 4.79 Å². The second-order valence-electron chi connectivity index (χ2n) is 3.26. The summed E-state index contributed by atoms with van der Waals surface area (Å²) in [5.41, 5.74) is 7.35. The molecule has 0 unspecified atom stereocenters. The number of hydrogen-bond acceptors (Lipinski definition) is 4. The maximum absolute atomic E-state index is 11.0. The van der Waals surface area contributed by atoms with Crippen LogP contribution in [0.3, 0.4) is 0 Å². The highest BCUT2D eigenvalue weighted by Crippen LogP contribution is 2.16. The molecule has 0 radical (unpaired) electrons. The van der Waals surface area contributed by atoms with Crippen molar-refractivity contribution in [2.24, 2.45) is 0 Å². The zero-order valence-corrected chi connectivity index (χ0v) is 9.08. The predicted molar refractivity (Wildman–Crippen MR) is 62.7 cm³/mol. The van der Waals surface area contributed by atoms with Gasteiger partial charge in [0.1, 0.15) is 6.07 Å². The molecule has 0 aliphatic carbocycles. The van der Waals surface area contributed by atoms with Crippen molar-refractivity contribution in [2.75, 3.05) is 24.6 Å². The number of nitrogens with two attached hydrogens (primary N) is 1. The fraction of sp³-hybridized carbons (Fsp3) is 0.273. The van der Waals surface area contributed by atoms with Gasteiger partial charge in [0.05, 0.1) is 11.3 Å². The van der Waals surface area contributed by atoms with E-state index in [2.05, 4.69) is 10.6 Å². The van der Waals surface area contributed by atoms with Crippen LogP contribution >= 0.6 is 0 Å². The van der Waals surface area contributed by atoms with Crippen LogP contribution in [0, 0.1) is 11.3 Å². The predicted octanol–water partition coefficient (Wildman–Crippen LogP) is 0.688. The largest absolute Gasteiger partial charge is 0.398 e. The number of nitrogens with zero attached hydrogens (tertiary/aromatic N) is 1. The van der Waals surface area contributed by atoms with Crippen molar-refractivity contribution < 1.29 is 4.79 Å². The number of carbonyl (C=O) groups is 1. The van der Waals surface area contributed by atoms with Gasteiger partial charge in [-0.3, -0.25) is 4.79 Å². The minimum atomic E-state index is -0.0193. The molecule has 0 atom stereocenters. The first-order valence-corrected chi connectivity index (χ1v) is 4.91. The Bertz CT molecular complexity index is 422. The van der Waals surface area contributed by atoms with E-state index in [0.29, 0.717) is 24.2 Å². The summed E-state index contributed by atoms with van der Waals surface area (Å²) in [5, 5.41) is 14.3. The van der Waals surface area contributed by atoms with Gasteiger partial charge in [-0.25, -0.2) is 0 Å².